The van der Waals surface area contributed by atoms with Gasteiger partial charge in [-0.3, -0.25) is 9.59 Å². The Labute approximate surface area is 202 Å². The molecule has 0 radical (unpaired) electrons. The number of methoxy groups -OCH3 is 1. The molecule has 4 rings (SSSR count). The first-order chi connectivity index (χ1) is 16.9. The van der Waals surface area contributed by atoms with Gasteiger partial charge in [0.15, 0.2) is 12.2 Å². The number of fused-ring (bicyclic) bond motifs is 1. The highest BCUT2D eigenvalue weighted by Crippen LogP contribution is 2.37. The number of hydrogen-bond acceptors (Lipinski definition) is 9. The number of carbonyl (C=O) groups excluding carboxylic acids is 2. The van der Waals surface area contributed by atoms with Gasteiger partial charge in [-0.1, -0.05) is 23.4 Å². The minimum atomic E-state index is -1.95. The van der Waals surface area contributed by atoms with E-state index in [9.17, 15) is 24.7 Å². The Bertz CT molecular complexity index is 1060. The minimum absolute atomic E-state index is 0.121. The SMILES string of the molecule is COc1ccccc1Cc1coc(CNC(=O)[C@H](O)[C@@H](O)C(=O)N2CCC3CCC(N=O)CC32)n1. The van der Waals surface area contributed by atoms with E-state index in [2.05, 4.69) is 15.5 Å². The second kappa shape index (κ2) is 11.0. The number of ether oxygens (including phenoxy) is 1. The van der Waals surface area contributed by atoms with Crippen molar-refractivity contribution >= 4 is 11.8 Å². The predicted molar refractivity (Wildman–Crippen MR) is 123 cm³/mol. The maximum Gasteiger partial charge on any atom is 0.254 e. The third kappa shape index (κ3) is 5.51. The Balaban J connectivity index is 1.30. The summed E-state index contributed by atoms with van der Waals surface area (Å²) in [6, 6.07) is 6.95. The van der Waals surface area contributed by atoms with Crippen molar-refractivity contribution in [3.8, 4) is 5.75 Å². The van der Waals surface area contributed by atoms with Gasteiger partial charge in [0.2, 0.25) is 5.89 Å². The van der Waals surface area contributed by atoms with E-state index in [0.29, 0.717) is 31.5 Å². The molecule has 1 aromatic heterocycles. The summed E-state index contributed by atoms with van der Waals surface area (Å²) < 4.78 is 10.7. The smallest absolute Gasteiger partial charge is 0.254 e. The van der Waals surface area contributed by atoms with E-state index < -0.39 is 24.0 Å². The molecule has 1 saturated heterocycles. The van der Waals surface area contributed by atoms with Crippen molar-refractivity contribution in [1.82, 2.24) is 15.2 Å². The molecule has 5 atom stereocenters. The molecule has 2 aromatic rings. The number of aliphatic hydroxyl groups is 2. The Morgan fingerprint density at radius 2 is 2.06 bits per heavy atom. The van der Waals surface area contributed by atoms with Gasteiger partial charge in [0.05, 0.1) is 25.4 Å². The third-order valence-electron chi connectivity index (χ3n) is 6.90. The van der Waals surface area contributed by atoms with Crippen molar-refractivity contribution in [3.63, 3.8) is 0 Å². The van der Waals surface area contributed by atoms with Gasteiger partial charge in [-0.2, -0.15) is 4.91 Å². The summed E-state index contributed by atoms with van der Waals surface area (Å²) >= 11 is 0. The van der Waals surface area contributed by atoms with E-state index in [1.54, 1.807) is 7.11 Å². The number of carbonyl (C=O) groups is 2. The van der Waals surface area contributed by atoms with Gasteiger partial charge in [0.25, 0.3) is 11.8 Å². The summed E-state index contributed by atoms with van der Waals surface area (Å²) in [6.07, 6.45) is 0.765. The molecule has 1 aliphatic carbocycles. The lowest BCUT2D eigenvalue weighted by Gasteiger charge is -2.34. The number of oxazole rings is 1. The number of likely N-dealkylation sites (tertiary alicyclic amines) is 1. The molecule has 35 heavy (non-hydrogen) atoms. The fourth-order valence-electron chi connectivity index (χ4n) is 5.02. The number of nitroso groups, excluding NO2 is 1. The highest BCUT2D eigenvalue weighted by Gasteiger charge is 2.44. The molecule has 1 saturated carbocycles. The normalized spacial score (nSPS) is 23.3. The zero-order valence-electron chi connectivity index (χ0n) is 19.5. The van der Waals surface area contributed by atoms with Gasteiger partial charge < -0.3 is 29.6 Å². The Hall–Kier alpha value is -3.31. The summed E-state index contributed by atoms with van der Waals surface area (Å²) in [6.45, 7) is 0.292. The maximum absolute atomic E-state index is 12.8. The van der Waals surface area contributed by atoms with Crippen LogP contribution >= 0.6 is 0 Å². The average molecular weight is 487 g/mol. The molecule has 0 spiro atoms. The van der Waals surface area contributed by atoms with Gasteiger partial charge >= 0.3 is 0 Å². The molecule has 2 amide bonds. The van der Waals surface area contributed by atoms with E-state index in [0.717, 1.165) is 24.2 Å². The topological polar surface area (TPSA) is 155 Å². The Kier molecular flexibility index (Phi) is 7.76. The highest BCUT2D eigenvalue weighted by atomic mass is 16.5. The van der Waals surface area contributed by atoms with Crippen LogP contribution in [0, 0.1) is 10.8 Å². The summed E-state index contributed by atoms with van der Waals surface area (Å²) in [5.74, 6) is -0.454. The quantitative estimate of drug-likeness (QED) is 0.446. The van der Waals surface area contributed by atoms with E-state index >= 15 is 0 Å². The Morgan fingerprint density at radius 3 is 2.83 bits per heavy atom. The van der Waals surface area contributed by atoms with Gasteiger partial charge in [-0.05, 0) is 37.7 Å². The van der Waals surface area contributed by atoms with Crippen LogP contribution in [0.1, 0.15) is 42.8 Å². The Morgan fingerprint density at radius 1 is 1.26 bits per heavy atom. The third-order valence-corrected chi connectivity index (χ3v) is 6.90. The summed E-state index contributed by atoms with van der Waals surface area (Å²) in [4.78, 5) is 42.0. The molecule has 2 heterocycles. The van der Waals surface area contributed by atoms with Gasteiger partial charge in [-0.15, -0.1) is 0 Å². The van der Waals surface area contributed by atoms with Crippen LogP contribution in [0.25, 0.3) is 0 Å². The lowest BCUT2D eigenvalue weighted by Crippen LogP contribution is -2.53. The van der Waals surface area contributed by atoms with E-state index in [1.807, 2.05) is 24.3 Å². The summed E-state index contributed by atoms with van der Waals surface area (Å²) in [5.41, 5.74) is 1.56. The van der Waals surface area contributed by atoms with Crippen LogP contribution in [0.4, 0.5) is 0 Å². The van der Waals surface area contributed by atoms with Crippen LogP contribution in [0.5, 0.6) is 5.75 Å². The monoisotopic (exact) mass is 486 g/mol. The summed E-state index contributed by atoms with van der Waals surface area (Å²) in [7, 11) is 1.59. The average Bonchev–Trinajstić information content (AvgIpc) is 3.52. The van der Waals surface area contributed by atoms with Crippen LogP contribution in [-0.4, -0.2) is 69.9 Å². The van der Waals surface area contributed by atoms with Crippen molar-refractivity contribution in [2.45, 2.75) is 62.9 Å². The zero-order valence-corrected chi connectivity index (χ0v) is 19.5. The lowest BCUT2D eigenvalue weighted by molar-refractivity contribution is -0.154. The lowest BCUT2D eigenvalue weighted by atomic mass is 9.82. The van der Waals surface area contributed by atoms with Crippen molar-refractivity contribution < 1.29 is 29.0 Å². The molecule has 188 valence electrons. The highest BCUT2D eigenvalue weighted by molar-refractivity contribution is 5.91. The van der Waals surface area contributed by atoms with Crippen molar-refractivity contribution in [2.24, 2.45) is 11.1 Å². The second-order valence-corrected chi connectivity index (χ2v) is 9.05. The number of aromatic nitrogens is 1. The molecule has 11 nitrogen and oxygen atoms in total. The van der Waals surface area contributed by atoms with E-state index in [4.69, 9.17) is 9.15 Å². The fraction of sp³-hybridized carbons (Fsp3) is 0.542. The van der Waals surface area contributed by atoms with Crippen LogP contribution in [0.15, 0.2) is 40.1 Å². The van der Waals surface area contributed by atoms with Crippen LogP contribution in [0.2, 0.25) is 0 Å². The van der Waals surface area contributed by atoms with E-state index in [-0.39, 0.29) is 30.4 Å². The largest absolute Gasteiger partial charge is 0.496 e. The first-order valence-electron chi connectivity index (χ1n) is 11.7. The number of hydrogen-bond donors (Lipinski definition) is 3. The number of para-hydroxylation sites is 1. The van der Waals surface area contributed by atoms with Crippen molar-refractivity contribution in [2.75, 3.05) is 13.7 Å². The van der Waals surface area contributed by atoms with Crippen molar-refractivity contribution in [3.05, 3.63) is 52.6 Å². The molecule has 3 unspecified atom stereocenters. The van der Waals surface area contributed by atoms with Gasteiger partial charge in [-0.25, -0.2) is 4.98 Å². The number of rotatable bonds is 9. The number of amides is 2. The second-order valence-electron chi connectivity index (χ2n) is 9.05. The molecule has 2 fully saturated rings. The zero-order chi connectivity index (χ0) is 24.9. The molecule has 1 aromatic carbocycles. The number of nitrogens with zero attached hydrogens (tertiary/aromatic N) is 3. The molecule has 3 N–H and O–H groups in total. The predicted octanol–water partition coefficient (Wildman–Crippen LogP) is 1.15. The van der Waals surface area contributed by atoms with Crippen LogP contribution in [-0.2, 0) is 22.6 Å². The minimum Gasteiger partial charge on any atom is -0.496 e. The first kappa shape index (κ1) is 24.8. The molecule has 11 heteroatoms. The van der Waals surface area contributed by atoms with Gasteiger partial charge in [0, 0.05) is 24.6 Å². The van der Waals surface area contributed by atoms with E-state index in [1.165, 1.54) is 11.2 Å². The van der Waals surface area contributed by atoms with Gasteiger partial charge in [0.1, 0.15) is 12.0 Å². The van der Waals surface area contributed by atoms with Crippen LogP contribution in [0.3, 0.4) is 0 Å². The molecule has 1 aliphatic heterocycles. The molecule has 2 aliphatic rings. The molecule has 0 bridgehead atoms. The number of aliphatic hydroxyl groups excluding tert-OH is 2. The summed E-state index contributed by atoms with van der Waals surface area (Å²) in [5, 5.41) is 26.3. The van der Waals surface area contributed by atoms with Crippen LogP contribution < -0.4 is 10.1 Å². The first-order valence-corrected chi connectivity index (χ1v) is 11.7. The fourth-order valence-corrected chi connectivity index (χ4v) is 5.02. The van der Waals surface area contributed by atoms with Crippen molar-refractivity contribution in [1.29, 1.82) is 0 Å². The number of nitrogens with one attached hydrogen (secondary N) is 1. The maximum atomic E-state index is 12.8. The standard InChI is InChI=1S/C24H30N4O7/c1-34-19-5-3-2-4-15(19)10-17-13-35-20(26-17)12-25-23(31)21(29)22(30)24(32)28-9-8-14-6-7-16(27-33)11-18(14)28/h2-5,13-14,16,18,21-22,29-30H,6-12H2,1H3,(H,25,31)/t14?,16?,18?,21-,22-/m1/s1. The number of benzene rings is 1. The molecular weight excluding hydrogens is 456 g/mol. The molecular formula is C24H30N4O7.